The molecular weight excluding hydrogens is 335 g/mol. The number of nitrogens with zero attached hydrogens (tertiary/aromatic N) is 2. The first kappa shape index (κ1) is 15.9. The number of aromatic nitrogens is 2. The number of benzene rings is 1. The highest BCUT2D eigenvalue weighted by molar-refractivity contribution is 7.98. The molecule has 0 saturated heterocycles. The number of methoxy groups -OCH3 is 1. The maximum atomic E-state index is 12.5. The molecule has 0 fully saturated rings. The largest absolute Gasteiger partial charge is 0.465 e. The number of esters is 1. The van der Waals surface area contributed by atoms with Gasteiger partial charge in [0.15, 0.2) is 5.16 Å². The van der Waals surface area contributed by atoms with Crippen molar-refractivity contribution in [3.8, 4) is 5.69 Å². The number of thioether (sulfide) groups is 1. The second kappa shape index (κ2) is 6.51. The minimum atomic E-state index is -0.751. The fourth-order valence-corrected chi connectivity index (χ4v) is 2.72. The van der Waals surface area contributed by atoms with E-state index in [1.807, 2.05) is 0 Å². The van der Waals surface area contributed by atoms with Crippen LogP contribution >= 0.6 is 35.0 Å². The summed E-state index contributed by atoms with van der Waals surface area (Å²) in [7, 11) is 1.20. The Morgan fingerprint density at radius 1 is 1.38 bits per heavy atom. The van der Waals surface area contributed by atoms with E-state index < -0.39 is 11.5 Å². The highest BCUT2D eigenvalue weighted by atomic mass is 35.5. The van der Waals surface area contributed by atoms with Crippen molar-refractivity contribution >= 4 is 40.9 Å². The van der Waals surface area contributed by atoms with Gasteiger partial charge in [-0.3, -0.25) is 9.36 Å². The third kappa shape index (κ3) is 3.07. The van der Waals surface area contributed by atoms with Gasteiger partial charge in [-0.1, -0.05) is 35.0 Å². The van der Waals surface area contributed by atoms with Gasteiger partial charge in [-0.2, -0.15) is 0 Å². The van der Waals surface area contributed by atoms with Crippen molar-refractivity contribution in [1.82, 2.24) is 9.55 Å². The zero-order valence-corrected chi connectivity index (χ0v) is 13.4. The zero-order chi connectivity index (χ0) is 15.6. The van der Waals surface area contributed by atoms with Crippen LogP contribution in [0, 0.1) is 0 Å². The second-order valence-electron chi connectivity index (χ2n) is 3.89. The number of ether oxygens (including phenoxy) is 1. The molecule has 0 radical (unpaired) electrons. The van der Waals surface area contributed by atoms with Crippen LogP contribution in [-0.2, 0) is 4.74 Å². The van der Waals surface area contributed by atoms with Crippen molar-refractivity contribution in [3.05, 3.63) is 50.4 Å². The van der Waals surface area contributed by atoms with E-state index >= 15 is 0 Å². The maximum Gasteiger partial charge on any atom is 0.345 e. The Morgan fingerprint density at radius 3 is 2.67 bits per heavy atom. The molecule has 1 heterocycles. The summed E-state index contributed by atoms with van der Waals surface area (Å²) < 4.78 is 5.84. The Morgan fingerprint density at radius 2 is 2.10 bits per heavy atom. The third-order valence-electron chi connectivity index (χ3n) is 2.67. The molecule has 8 heteroatoms. The van der Waals surface area contributed by atoms with Crippen molar-refractivity contribution in [2.24, 2.45) is 0 Å². The van der Waals surface area contributed by atoms with Gasteiger partial charge in [-0.25, -0.2) is 9.78 Å². The maximum absolute atomic E-state index is 12.5. The quantitative estimate of drug-likeness (QED) is 0.486. The van der Waals surface area contributed by atoms with Gasteiger partial charge in [-0.15, -0.1) is 0 Å². The molecule has 1 aromatic heterocycles. The molecule has 0 N–H and O–H groups in total. The smallest absolute Gasteiger partial charge is 0.345 e. The topological polar surface area (TPSA) is 61.2 Å². The summed E-state index contributed by atoms with van der Waals surface area (Å²) in [4.78, 5) is 28.2. The van der Waals surface area contributed by atoms with E-state index in [1.165, 1.54) is 35.7 Å². The van der Waals surface area contributed by atoms with Crippen LogP contribution < -0.4 is 5.56 Å². The molecule has 0 amide bonds. The molecule has 5 nitrogen and oxygen atoms in total. The van der Waals surface area contributed by atoms with Gasteiger partial charge < -0.3 is 4.74 Å². The van der Waals surface area contributed by atoms with E-state index in [2.05, 4.69) is 9.72 Å². The first-order chi connectivity index (χ1) is 9.99. The van der Waals surface area contributed by atoms with Gasteiger partial charge in [0, 0.05) is 5.02 Å². The Labute approximate surface area is 134 Å². The molecule has 2 aromatic rings. The van der Waals surface area contributed by atoms with Crippen LogP contribution in [0.2, 0.25) is 10.0 Å². The average molecular weight is 345 g/mol. The van der Waals surface area contributed by atoms with Crippen LogP contribution in [-0.4, -0.2) is 28.9 Å². The molecule has 110 valence electrons. The molecule has 2 rings (SSSR count). The number of carbonyl (C=O) groups excluding carboxylic acids is 1. The first-order valence-electron chi connectivity index (χ1n) is 5.69. The van der Waals surface area contributed by atoms with Crippen LogP contribution in [0.1, 0.15) is 10.4 Å². The summed E-state index contributed by atoms with van der Waals surface area (Å²) in [6.07, 6.45) is 2.96. The van der Waals surface area contributed by atoms with E-state index in [0.717, 1.165) is 0 Å². The predicted molar refractivity (Wildman–Crippen MR) is 83.0 cm³/mol. The van der Waals surface area contributed by atoms with Gasteiger partial charge in [-0.05, 0) is 24.5 Å². The standard InChI is InChI=1S/C13H10Cl2N2O3S/c1-20-12(19)8-6-16-13(21-2)17(11(8)18)10-4-3-7(14)5-9(10)15/h3-6H,1-2H3. The van der Waals surface area contributed by atoms with E-state index in [0.29, 0.717) is 15.9 Å². The molecule has 0 spiro atoms. The van der Waals surface area contributed by atoms with Gasteiger partial charge in [0.1, 0.15) is 5.56 Å². The van der Waals surface area contributed by atoms with Crippen LogP contribution in [0.4, 0.5) is 0 Å². The molecule has 0 aliphatic rings. The van der Waals surface area contributed by atoms with Crippen LogP contribution in [0.3, 0.4) is 0 Å². The summed E-state index contributed by atoms with van der Waals surface area (Å²) in [5, 5.41) is 1.13. The van der Waals surface area contributed by atoms with Crippen molar-refractivity contribution in [3.63, 3.8) is 0 Å². The lowest BCUT2D eigenvalue weighted by atomic mass is 10.3. The number of hydrogen-bond donors (Lipinski definition) is 0. The van der Waals surface area contributed by atoms with E-state index in [-0.39, 0.29) is 10.6 Å². The number of hydrogen-bond acceptors (Lipinski definition) is 5. The SMILES string of the molecule is COC(=O)c1cnc(SC)n(-c2ccc(Cl)cc2Cl)c1=O. The Kier molecular flexibility index (Phi) is 4.92. The Bertz CT molecular complexity index is 762. The fraction of sp³-hybridized carbons (Fsp3) is 0.154. The summed E-state index contributed by atoms with van der Waals surface area (Å²) >= 11 is 13.2. The molecular formula is C13H10Cl2N2O3S. The third-order valence-corrected chi connectivity index (χ3v) is 3.86. The average Bonchev–Trinajstić information content (AvgIpc) is 2.47. The lowest BCUT2D eigenvalue weighted by Crippen LogP contribution is -2.28. The summed E-state index contributed by atoms with van der Waals surface area (Å²) in [6.45, 7) is 0. The first-order valence-corrected chi connectivity index (χ1v) is 7.67. The summed E-state index contributed by atoms with van der Waals surface area (Å²) in [5.41, 5.74) is -0.319. The lowest BCUT2D eigenvalue weighted by Gasteiger charge is -2.13. The molecule has 0 aliphatic carbocycles. The lowest BCUT2D eigenvalue weighted by molar-refractivity contribution is 0.0597. The minimum Gasteiger partial charge on any atom is -0.465 e. The number of rotatable bonds is 3. The predicted octanol–water partition coefficient (Wildman–Crippen LogP) is 3.05. The zero-order valence-electron chi connectivity index (χ0n) is 11.1. The summed E-state index contributed by atoms with van der Waals surface area (Å²) in [5.74, 6) is -0.751. The van der Waals surface area contributed by atoms with E-state index in [4.69, 9.17) is 23.2 Å². The molecule has 0 unspecified atom stereocenters. The van der Waals surface area contributed by atoms with Crippen molar-refractivity contribution < 1.29 is 9.53 Å². The second-order valence-corrected chi connectivity index (χ2v) is 5.50. The number of carbonyl (C=O) groups is 1. The normalized spacial score (nSPS) is 10.5. The minimum absolute atomic E-state index is 0.165. The fourth-order valence-electron chi connectivity index (χ4n) is 1.71. The van der Waals surface area contributed by atoms with E-state index in [9.17, 15) is 9.59 Å². The van der Waals surface area contributed by atoms with Crippen LogP contribution in [0.15, 0.2) is 34.3 Å². The van der Waals surface area contributed by atoms with Gasteiger partial charge in [0.25, 0.3) is 5.56 Å². The molecule has 0 saturated carbocycles. The van der Waals surface area contributed by atoms with Gasteiger partial charge in [0.2, 0.25) is 0 Å². The van der Waals surface area contributed by atoms with Crippen LogP contribution in [0.25, 0.3) is 5.69 Å². The molecule has 0 atom stereocenters. The van der Waals surface area contributed by atoms with Crippen molar-refractivity contribution in [2.45, 2.75) is 5.16 Å². The molecule has 0 aliphatic heterocycles. The van der Waals surface area contributed by atoms with Gasteiger partial charge >= 0.3 is 5.97 Å². The number of halogens is 2. The van der Waals surface area contributed by atoms with Gasteiger partial charge in [0.05, 0.1) is 24.0 Å². The molecule has 21 heavy (non-hydrogen) atoms. The summed E-state index contributed by atoms with van der Waals surface area (Å²) in [6, 6.07) is 4.71. The monoisotopic (exact) mass is 344 g/mol. The highest BCUT2D eigenvalue weighted by Gasteiger charge is 2.19. The molecule has 1 aromatic carbocycles. The molecule has 0 bridgehead atoms. The van der Waals surface area contributed by atoms with Crippen molar-refractivity contribution in [1.29, 1.82) is 0 Å². The van der Waals surface area contributed by atoms with Crippen LogP contribution in [0.5, 0.6) is 0 Å². The van der Waals surface area contributed by atoms with Crippen molar-refractivity contribution in [2.75, 3.05) is 13.4 Å². The Hall–Kier alpha value is -1.50. The van der Waals surface area contributed by atoms with E-state index in [1.54, 1.807) is 18.4 Å². The highest BCUT2D eigenvalue weighted by Crippen LogP contribution is 2.26. The Balaban J connectivity index is 2.77.